The van der Waals surface area contributed by atoms with Crippen LogP contribution in [0.2, 0.25) is 0 Å². The number of benzene rings is 1. The van der Waals surface area contributed by atoms with Crippen LogP contribution >= 0.6 is 0 Å². The number of halogens is 3. The van der Waals surface area contributed by atoms with Gasteiger partial charge in [-0.25, -0.2) is 0 Å². The zero-order valence-corrected chi connectivity index (χ0v) is 9.97. The van der Waals surface area contributed by atoms with Crippen LogP contribution in [0.15, 0.2) is 18.2 Å². The Morgan fingerprint density at radius 1 is 1.24 bits per heavy atom. The Bertz CT molecular complexity index is 373. The molecule has 0 spiro atoms. The lowest BCUT2D eigenvalue weighted by Crippen LogP contribution is -2.18. The van der Waals surface area contributed by atoms with Crippen LogP contribution in [0, 0.1) is 0 Å². The molecule has 0 aliphatic heterocycles. The Kier molecular flexibility index (Phi) is 4.26. The lowest BCUT2D eigenvalue weighted by molar-refractivity contribution is -0.274. The quantitative estimate of drug-likeness (QED) is 0.798. The molecular formula is C12H15F3O2. The average Bonchev–Trinajstić information content (AvgIpc) is 2.18. The predicted molar refractivity (Wildman–Crippen MR) is 58.4 cm³/mol. The van der Waals surface area contributed by atoms with Crippen LogP contribution < -0.4 is 9.47 Å². The molecule has 0 aliphatic rings. The van der Waals surface area contributed by atoms with E-state index in [-0.39, 0.29) is 11.7 Å². The Labute approximate surface area is 98.3 Å². The predicted octanol–water partition coefficient (Wildman–Crippen LogP) is 4.11. The van der Waals surface area contributed by atoms with Crippen molar-refractivity contribution in [2.75, 3.05) is 6.61 Å². The third-order valence-electron chi connectivity index (χ3n) is 2.14. The molecule has 0 saturated carbocycles. The molecule has 0 aromatic heterocycles. The van der Waals surface area contributed by atoms with E-state index in [0.717, 1.165) is 0 Å². The normalized spacial score (nSPS) is 11.7. The van der Waals surface area contributed by atoms with Gasteiger partial charge in [-0.15, -0.1) is 13.2 Å². The lowest BCUT2D eigenvalue weighted by Gasteiger charge is -2.16. The summed E-state index contributed by atoms with van der Waals surface area (Å²) in [5.41, 5.74) is 0.480. The van der Waals surface area contributed by atoms with Crippen LogP contribution in [-0.2, 0) is 0 Å². The lowest BCUT2D eigenvalue weighted by atomic mass is 10.0. The van der Waals surface area contributed by atoms with E-state index >= 15 is 0 Å². The molecule has 0 radical (unpaired) electrons. The number of hydrogen-bond acceptors (Lipinski definition) is 2. The van der Waals surface area contributed by atoms with Crippen LogP contribution in [-0.4, -0.2) is 13.0 Å². The molecule has 0 bridgehead atoms. The fourth-order valence-corrected chi connectivity index (χ4v) is 1.45. The van der Waals surface area contributed by atoms with Gasteiger partial charge in [-0.2, -0.15) is 0 Å². The van der Waals surface area contributed by atoms with Crippen molar-refractivity contribution >= 4 is 0 Å². The highest BCUT2D eigenvalue weighted by atomic mass is 19.4. The summed E-state index contributed by atoms with van der Waals surface area (Å²) in [6.07, 6.45) is -4.67. The second-order valence-electron chi connectivity index (χ2n) is 3.84. The van der Waals surface area contributed by atoms with Crippen LogP contribution in [0.5, 0.6) is 11.5 Å². The summed E-state index contributed by atoms with van der Waals surface area (Å²) in [7, 11) is 0. The molecule has 2 nitrogen and oxygen atoms in total. The molecule has 0 amide bonds. The maximum absolute atomic E-state index is 12.2. The first-order valence-electron chi connectivity index (χ1n) is 5.36. The second kappa shape index (κ2) is 5.29. The zero-order chi connectivity index (χ0) is 13.1. The Hall–Kier alpha value is -1.39. The van der Waals surface area contributed by atoms with E-state index in [2.05, 4.69) is 4.74 Å². The van der Waals surface area contributed by atoms with Gasteiger partial charge >= 0.3 is 6.36 Å². The van der Waals surface area contributed by atoms with Crippen molar-refractivity contribution in [1.29, 1.82) is 0 Å². The van der Waals surface area contributed by atoms with Crippen LogP contribution in [0.3, 0.4) is 0 Å². The minimum absolute atomic E-state index is 0.0762. The maximum atomic E-state index is 12.2. The van der Waals surface area contributed by atoms with Gasteiger partial charge in [-0.1, -0.05) is 13.8 Å². The summed E-state index contributed by atoms with van der Waals surface area (Å²) >= 11 is 0. The Morgan fingerprint density at radius 3 is 2.35 bits per heavy atom. The molecule has 0 saturated heterocycles. The van der Waals surface area contributed by atoms with Gasteiger partial charge in [0, 0.05) is 5.56 Å². The smallest absolute Gasteiger partial charge is 0.494 e. The Balaban J connectivity index is 3.04. The van der Waals surface area contributed by atoms with Crippen molar-refractivity contribution < 1.29 is 22.6 Å². The summed E-state index contributed by atoms with van der Waals surface area (Å²) in [4.78, 5) is 0. The maximum Gasteiger partial charge on any atom is 0.573 e. The van der Waals surface area contributed by atoms with E-state index in [1.54, 1.807) is 19.9 Å². The zero-order valence-electron chi connectivity index (χ0n) is 9.97. The van der Waals surface area contributed by atoms with Crippen molar-refractivity contribution in [2.24, 2.45) is 0 Å². The Morgan fingerprint density at radius 2 is 1.88 bits per heavy atom. The molecule has 1 aromatic carbocycles. The molecule has 0 atom stereocenters. The van der Waals surface area contributed by atoms with Crippen molar-refractivity contribution in [2.45, 2.75) is 33.1 Å². The molecule has 0 aliphatic carbocycles. The van der Waals surface area contributed by atoms with Crippen molar-refractivity contribution in [3.05, 3.63) is 23.8 Å². The highest BCUT2D eigenvalue weighted by molar-refractivity contribution is 5.42. The number of alkyl halides is 3. The standard InChI is InChI=1S/C12H15F3O2/c1-4-16-9-5-6-11(17-12(13,14)15)10(7-9)8(2)3/h5-8H,4H2,1-3H3. The van der Waals surface area contributed by atoms with Gasteiger partial charge in [0.1, 0.15) is 11.5 Å². The van der Waals surface area contributed by atoms with E-state index in [4.69, 9.17) is 4.74 Å². The van der Waals surface area contributed by atoms with Crippen molar-refractivity contribution in [1.82, 2.24) is 0 Å². The highest BCUT2D eigenvalue weighted by Crippen LogP contribution is 2.33. The van der Waals surface area contributed by atoms with E-state index in [1.165, 1.54) is 12.1 Å². The summed E-state index contributed by atoms with van der Waals surface area (Å²) in [5.74, 6) is 0.300. The summed E-state index contributed by atoms with van der Waals surface area (Å²) in [5, 5.41) is 0. The molecule has 0 unspecified atom stereocenters. The molecular weight excluding hydrogens is 233 g/mol. The van der Waals surface area contributed by atoms with Gasteiger partial charge in [0.25, 0.3) is 0 Å². The molecule has 1 rings (SSSR count). The van der Waals surface area contributed by atoms with E-state index in [0.29, 0.717) is 17.9 Å². The van der Waals surface area contributed by atoms with E-state index in [1.807, 2.05) is 6.92 Å². The van der Waals surface area contributed by atoms with Crippen molar-refractivity contribution in [3.63, 3.8) is 0 Å². The molecule has 0 fully saturated rings. The SMILES string of the molecule is CCOc1ccc(OC(F)(F)F)c(C(C)C)c1. The molecule has 0 N–H and O–H groups in total. The van der Waals surface area contributed by atoms with E-state index in [9.17, 15) is 13.2 Å². The van der Waals surface area contributed by atoms with Crippen molar-refractivity contribution in [3.8, 4) is 11.5 Å². The van der Waals surface area contributed by atoms with Gasteiger partial charge in [0.2, 0.25) is 0 Å². The molecule has 17 heavy (non-hydrogen) atoms. The number of rotatable bonds is 4. The minimum atomic E-state index is -4.67. The first kappa shape index (κ1) is 13.7. The third-order valence-corrected chi connectivity index (χ3v) is 2.14. The fourth-order valence-electron chi connectivity index (χ4n) is 1.45. The van der Waals surface area contributed by atoms with Crippen LogP contribution in [0.1, 0.15) is 32.3 Å². The topological polar surface area (TPSA) is 18.5 Å². The number of hydrogen-bond donors (Lipinski definition) is 0. The first-order valence-corrected chi connectivity index (χ1v) is 5.36. The molecule has 1 aromatic rings. The fraction of sp³-hybridized carbons (Fsp3) is 0.500. The average molecular weight is 248 g/mol. The van der Waals surface area contributed by atoms with Gasteiger partial charge in [-0.05, 0) is 31.0 Å². The van der Waals surface area contributed by atoms with Crippen LogP contribution in [0.25, 0.3) is 0 Å². The van der Waals surface area contributed by atoms with Gasteiger partial charge < -0.3 is 9.47 Å². The van der Waals surface area contributed by atoms with Gasteiger partial charge in [0.05, 0.1) is 6.61 Å². The third kappa shape index (κ3) is 4.17. The van der Waals surface area contributed by atoms with Gasteiger partial charge in [-0.3, -0.25) is 0 Å². The van der Waals surface area contributed by atoms with Crippen LogP contribution in [0.4, 0.5) is 13.2 Å². The van der Waals surface area contributed by atoms with Gasteiger partial charge in [0.15, 0.2) is 0 Å². The largest absolute Gasteiger partial charge is 0.573 e. The monoisotopic (exact) mass is 248 g/mol. The molecule has 96 valence electrons. The highest BCUT2D eigenvalue weighted by Gasteiger charge is 2.32. The van der Waals surface area contributed by atoms with E-state index < -0.39 is 6.36 Å². The summed E-state index contributed by atoms with van der Waals surface area (Å²) in [6.45, 7) is 5.88. The summed E-state index contributed by atoms with van der Waals surface area (Å²) < 4.78 is 45.8. The minimum Gasteiger partial charge on any atom is -0.494 e. The first-order chi connectivity index (χ1) is 7.83. The molecule has 0 heterocycles. The summed E-state index contributed by atoms with van der Waals surface area (Å²) in [6, 6.07) is 4.33. The number of ether oxygens (including phenoxy) is 2. The second-order valence-corrected chi connectivity index (χ2v) is 3.84. The molecule has 5 heteroatoms.